The second-order valence-corrected chi connectivity index (χ2v) is 8.17. The van der Waals surface area contributed by atoms with E-state index in [0.717, 1.165) is 32.5 Å². The molecule has 0 spiro atoms. The summed E-state index contributed by atoms with van der Waals surface area (Å²) in [5.41, 5.74) is 1.34. The van der Waals surface area contributed by atoms with Gasteiger partial charge in [0.2, 0.25) is 0 Å². The molecule has 1 aromatic rings. The van der Waals surface area contributed by atoms with E-state index in [1.54, 1.807) is 4.90 Å². The standard InChI is InChI=1S/C21H31N3O3/c1-16-11-19(20(25)26)15-24(13-16)21(27)22-12-17-7-9-23(10-8-17)14-18-5-3-2-4-6-18/h2-6,16-17,19H,7-15H2,1H3,(H,22,27)(H,25,26). The van der Waals surface area contributed by atoms with Gasteiger partial charge < -0.3 is 15.3 Å². The highest BCUT2D eigenvalue weighted by atomic mass is 16.4. The van der Waals surface area contributed by atoms with E-state index in [1.165, 1.54) is 5.56 Å². The van der Waals surface area contributed by atoms with Crippen molar-refractivity contribution in [3.8, 4) is 0 Å². The Kier molecular flexibility index (Phi) is 6.72. The molecule has 6 heteroatoms. The Bertz CT molecular complexity index is 629. The zero-order chi connectivity index (χ0) is 19.2. The number of carbonyl (C=O) groups is 2. The minimum Gasteiger partial charge on any atom is -0.481 e. The molecule has 2 N–H and O–H groups in total. The quantitative estimate of drug-likeness (QED) is 0.832. The number of carboxylic acids is 1. The fourth-order valence-corrected chi connectivity index (χ4v) is 4.23. The first-order valence-electron chi connectivity index (χ1n) is 10.0. The van der Waals surface area contributed by atoms with Crippen molar-refractivity contribution >= 4 is 12.0 Å². The highest BCUT2D eigenvalue weighted by Gasteiger charge is 2.32. The molecule has 2 aliphatic rings. The van der Waals surface area contributed by atoms with Crippen molar-refractivity contribution < 1.29 is 14.7 Å². The first-order valence-corrected chi connectivity index (χ1v) is 10.0. The highest BCUT2D eigenvalue weighted by Crippen LogP contribution is 2.22. The van der Waals surface area contributed by atoms with Gasteiger partial charge in [0.05, 0.1) is 5.92 Å². The van der Waals surface area contributed by atoms with Gasteiger partial charge >= 0.3 is 12.0 Å². The molecule has 0 saturated carbocycles. The molecule has 0 aliphatic carbocycles. The summed E-state index contributed by atoms with van der Waals surface area (Å²) in [6, 6.07) is 10.4. The van der Waals surface area contributed by atoms with E-state index < -0.39 is 11.9 Å². The highest BCUT2D eigenvalue weighted by molar-refractivity contribution is 5.76. The molecule has 27 heavy (non-hydrogen) atoms. The largest absolute Gasteiger partial charge is 0.481 e. The molecular weight excluding hydrogens is 342 g/mol. The number of nitrogens with zero attached hydrogens (tertiary/aromatic N) is 2. The lowest BCUT2D eigenvalue weighted by Crippen LogP contribution is -2.50. The molecule has 0 radical (unpaired) electrons. The Morgan fingerprint density at radius 2 is 1.85 bits per heavy atom. The zero-order valence-corrected chi connectivity index (χ0v) is 16.1. The summed E-state index contributed by atoms with van der Waals surface area (Å²) < 4.78 is 0. The van der Waals surface area contributed by atoms with Gasteiger partial charge in [-0.2, -0.15) is 0 Å². The summed E-state index contributed by atoms with van der Waals surface area (Å²) in [5, 5.41) is 12.3. The Balaban J connectivity index is 1.39. The summed E-state index contributed by atoms with van der Waals surface area (Å²) in [6.07, 6.45) is 2.82. The maximum Gasteiger partial charge on any atom is 0.317 e. The van der Waals surface area contributed by atoms with Crippen LogP contribution in [0.25, 0.3) is 0 Å². The van der Waals surface area contributed by atoms with Crippen LogP contribution in [0.3, 0.4) is 0 Å². The first-order chi connectivity index (χ1) is 13.0. The van der Waals surface area contributed by atoms with E-state index in [1.807, 2.05) is 13.0 Å². The lowest BCUT2D eigenvalue weighted by Gasteiger charge is -2.36. The first kappa shape index (κ1) is 19.7. The number of carboxylic acid groups (broad SMARTS) is 1. The fourth-order valence-electron chi connectivity index (χ4n) is 4.23. The molecule has 2 unspecified atom stereocenters. The van der Waals surface area contributed by atoms with Gasteiger partial charge in [-0.25, -0.2) is 4.79 Å². The Hall–Kier alpha value is -2.08. The number of benzene rings is 1. The molecule has 2 fully saturated rings. The molecule has 2 heterocycles. The molecule has 0 aromatic heterocycles. The average Bonchev–Trinajstić information content (AvgIpc) is 2.67. The molecule has 2 amide bonds. The molecule has 2 saturated heterocycles. The van der Waals surface area contributed by atoms with Crippen LogP contribution in [0.4, 0.5) is 4.79 Å². The number of likely N-dealkylation sites (tertiary alicyclic amines) is 2. The molecule has 148 valence electrons. The van der Waals surface area contributed by atoms with Crippen LogP contribution in [0.15, 0.2) is 30.3 Å². The van der Waals surface area contributed by atoms with Crippen molar-refractivity contribution in [3.05, 3.63) is 35.9 Å². The van der Waals surface area contributed by atoms with E-state index >= 15 is 0 Å². The topological polar surface area (TPSA) is 72.9 Å². The minimum absolute atomic E-state index is 0.112. The Morgan fingerprint density at radius 1 is 1.15 bits per heavy atom. The van der Waals surface area contributed by atoms with Crippen molar-refractivity contribution in [2.75, 3.05) is 32.7 Å². The second-order valence-electron chi connectivity index (χ2n) is 8.17. The lowest BCUT2D eigenvalue weighted by molar-refractivity contribution is -0.143. The summed E-state index contributed by atoms with van der Waals surface area (Å²) in [6.45, 7) is 6.75. The van der Waals surface area contributed by atoms with Crippen molar-refractivity contribution in [2.45, 2.75) is 32.7 Å². The van der Waals surface area contributed by atoms with Gasteiger partial charge in [-0.1, -0.05) is 37.3 Å². The molecule has 3 rings (SSSR count). The average molecular weight is 373 g/mol. The van der Waals surface area contributed by atoms with E-state index in [-0.39, 0.29) is 11.9 Å². The zero-order valence-electron chi connectivity index (χ0n) is 16.1. The number of nitrogens with one attached hydrogen (secondary N) is 1. The number of rotatable bonds is 5. The predicted octanol–water partition coefficient (Wildman–Crippen LogP) is 2.65. The lowest BCUT2D eigenvalue weighted by atomic mass is 9.91. The van der Waals surface area contributed by atoms with Gasteiger partial charge in [0.25, 0.3) is 0 Å². The molecule has 2 atom stereocenters. The number of aliphatic carboxylic acids is 1. The van der Waals surface area contributed by atoms with Crippen LogP contribution < -0.4 is 5.32 Å². The molecular formula is C21H31N3O3. The van der Waals surface area contributed by atoms with Crippen molar-refractivity contribution in [3.63, 3.8) is 0 Å². The van der Waals surface area contributed by atoms with Crippen LogP contribution in [0.2, 0.25) is 0 Å². The predicted molar refractivity (Wildman–Crippen MR) is 104 cm³/mol. The summed E-state index contributed by atoms with van der Waals surface area (Å²) in [4.78, 5) is 27.9. The van der Waals surface area contributed by atoms with Crippen molar-refractivity contribution in [1.29, 1.82) is 0 Å². The fraction of sp³-hybridized carbons (Fsp3) is 0.619. The number of hydrogen-bond acceptors (Lipinski definition) is 3. The maximum atomic E-state index is 12.5. The second kappa shape index (κ2) is 9.22. The molecule has 6 nitrogen and oxygen atoms in total. The van der Waals surface area contributed by atoms with Gasteiger partial charge in [0.1, 0.15) is 0 Å². The Labute approximate surface area is 161 Å². The van der Waals surface area contributed by atoms with Gasteiger partial charge in [0.15, 0.2) is 0 Å². The number of urea groups is 1. The number of amides is 2. The van der Waals surface area contributed by atoms with E-state index in [0.29, 0.717) is 32.0 Å². The van der Waals surface area contributed by atoms with Crippen LogP contribution in [0.1, 0.15) is 31.7 Å². The molecule has 0 bridgehead atoms. The third-order valence-electron chi connectivity index (χ3n) is 5.79. The summed E-state index contributed by atoms with van der Waals surface area (Å²) >= 11 is 0. The monoisotopic (exact) mass is 373 g/mol. The van der Waals surface area contributed by atoms with Crippen LogP contribution >= 0.6 is 0 Å². The Morgan fingerprint density at radius 3 is 2.52 bits per heavy atom. The SMILES string of the molecule is CC1CC(C(=O)O)CN(C(=O)NCC2CCN(Cc3ccccc3)CC2)C1. The number of carbonyl (C=O) groups excluding carboxylic acids is 1. The van der Waals surface area contributed by atoms with Gasteiger partial charge in [-0.3, -0.25) is 9.69 Å². The van der Waals surface area contributed by atoms with Crippen LogP contribution in [0, 0.1) is 17.8 Å². The van der Waals surface area contributed by atoms with E-state index in [9.17, 15) is 14.7 Å². The van der Waals surface area contributed by atoms with Gasteiger partial charge in [-0.15, -0.1) is 0 Å². The third kappa shape index (κ3) is 5.70. The summed E-state index contributed by atoms with van der Waals surface area (Å²) in [7, 11) is 0. The van der Waals surface area contributed by atoms with Gasteiger partial charge in [-0.05, 0) is 49.8 Å². The molecule has 1 aromatic carbocycles. The normalized spacial score (nSPS) is 24.6. The minimum atomic E-state index is -0.801. The van der Waals surface area contributed by atoms with Crippen molar-refractivity contribution in [2.24, 2.45) is 17.8 Å². The van der Waals surface area contributed by atoms with Crippen LogP contribution in [0.5, 0.6) is 0 Å². The number of piperidine rings is 2. The van der Waals surface area contributed by atoms with E-state index in [4.69, 9.17) is 0 Å². The smallest absolute Gasteiger partial charge is 0.317 e. The van der Waals surface area contributed by atoms with Crippen LogP contribution in [-0.4, -0.2) is 59.6 Å². The summed E-state index contributed by atoms with van der Waals surface area (Å²) in [5.74, 6) is -0.517. The number of hydrogen-bond donors (Lipinski definition) is 2. The maximum absolute atomic E-state index is 12.5. The third-order valence-corrected chi connectivity index (χ3v) is 5.79. The van der Waals surface area contributed by atoms with Gasteiger partial charge in [0, 0.05) is 26.2 Å². The van der Waals surface area contributed by atoms with E-state index in [2.05, 4.69) is 34.5 Å². The van der Waals surface area contributed by atoms with Crippen LogP contribution in [-0.2, 0) is 11.3 Å². The van der Waals surface area contributed by atoms with Crippen molar-refractivity contribution in [1.82, 2.24) is 15.1 Å². The molecule has 2 aliphatic heterocycles.